The molecule has 0 spiro atoms. The van der Waals surface area contributed by atoms with Crippen molar-refractivity contribution in [3.63, 3.8) is 0 Å². The Balaban J connectivity index is 1.39. The smallest absolute Gasteiger partial charge is 0.241 e. The van der Waals surface area contributed by atoms with E-state index in [1.54, 1.807) is 19.2 Å². The number of nitrogens with one attached hydrogen (secondary N) is 2. The van der Waals surface area contributed by atoms with Crippen molar-refractivity contribution in [1.82, 2.24) is 20.1 Å². The third-order valence-corrected chi connectivity index (χ3v) is 8.72. The van der Waals surface area contributed by atoms with E-state index in [-0.39, 0.29) is 23.8 Å². The molecule has 43 heavy (non-hydrogen) atoms. The van der Waals surface area contributed by atoms with Gasteiger partial charge in [-0.3, -0.25) is 14.6 Å². The molecule has 0 aliphatic carbocycles. The van der Waals surface area contributed by atoms with Crippen LogP contribution < -0.4 is 20.3 Å². The minimum atomic E-state index is -0.275. The van der Waals surface area contributed by atoms with Gasteiger partial charge < -0.3 is 29.7 Å². The predicted octanol–water partition coefficient (Wildman–Crippen LogP) is 2.76. The molecule has 236 valence electrons. The zero-order valence-electron chi connectivity index (χ0n) is 26.1. The van der Waals surface area contributed by atoms with Gasteiger partial charge >= 0.3 is 0 Å². The van der Waals surface area contributed by atoms with Crippen LogP contribution in [0.2, 0.25) is 0 Å². The van der Waals surface area contributed by atoms with Crippen LogP contribution in [0.15, 0.2) is 30.3 Å². The Morgan fingerprint density at radius 1 is 1.12 bits per heavy atom. The number of methoxy groups -OCH3 is 1. The predicted molar refractivity (Wildman–Crippen MR) is 166 cm³/mol. The van der Waals surface area contributed by atoms with E-state index in [1.807, 2.05) is 17.9 Å². The number of carbonyl (C=O) groups is 1. The summed E-state index contributed by atoms with van der Waals surface area (Å²) in [5.74, 6) is 0.874. The lowest BCUT2D eigenvalue weighted by Crippen LogP contribution is -2.63. The van der Waals surface area contributed by atoms with Crippen LogP contribution in [0, 0.1) is 5.82 Å². The molecule has 2 aromatic rings. The molecule has 4 heterocycles. The molecule has 0 saturated carbocycles. The molecular weight excluding hydrogens is 551 g/mol. The van der Waals surface area contributed by atoms with Crippen LogP contribution in [0.4, 0.5) is 15.9 Å². The fraction of sp³-hybridized carbons (Fsp3) is 0.625. The Kier molecular flexibility index (Phi) is 10.5. The molecule has 0 bridgehead atoms. The molecule has 11 heteroatoms. The summed E-state index contributed by atoms with van der Waals surface area (Å²) < 4.78 is 30.7. The fourth-order valence-corrected chi connectivity index (χ4v) is 6.37. The summed E-state index contributed by atoms with van der Waals surface area (Å²) >= 11 is 0. The van der Waals surface area contributed by atoms with Crippen LogP contribution in [-0.2, 0) is 20.7 Å². The third-order valence-electron chi connectivity index (χ3n) is 8.72. The van der Waals surface area contributed by atoms with Crippen LogP contribution in [-0.4, -0.2) is 117 Å². The Labute approximate surface area is 254 Å². The summed E-state index contributed by atoms with van der Waals surface area (Å²) in [6.45, 7) is 14.4. The topological polar surface area (TPSA) is 91.4 Å². The van der Waals surface area contributed by atoms with Gasteiger partial charge in [0.05, 0.1) is 32.4 Å². The Bertz CT molecular complexity index is 1220. The van der Waals surface area contributed by atoms with Crippen LogP contribution in [0.3, 0.4) is 0 Å². The van der Waals surface area contributed by atoms with E-state index in [1.165, 1.54) is 12.1 Å². The maximum Gasteiger partial charge on any atom is 0.241 e. The van der Waals surface area contributed by atoms with E-state index in [9.17, 15) is 9.18 Å². The molecule has 2 saturated heterocycles. The zero-order valence-corrected chi connectivity index (χ0v) is 26.1. The van der Waals surface area contributed by atoms with Crippen molar-refractivity contribution >= 4 is 17.4 Å². The van der Waals surface area contributed by atoms with Gasteiger partial charge in [0.15, 0.2) is 0 Å². The van der Waals surface area contributed by atoms with Crippen molar-refractivity contribution in [3.8, 4) is 5.88 Å². The summed E-state index contributed by atoms with van der Waals surface area (Å²) in [7, 11) is 1.65. The summed E-state index contributed by atoms with van der Waals surface area (Å²) in [5.41, 5.74) is 2.53. The molecular formula is C32H47FN6O4. The number of amides is 1. The molecule has 0 unspecified atom stereocenters. The lowest BCUT2D eigenvalue weighted by Gasteiger charge is -2.46. The number of benzene rings is 1. The van der Waals surface area contributed by atoms with E-state index >= 15 is 0 Å². The highest BCUT2D eigenvalue weighted by Gasteiger charge is 2.37. The first-order valence-electron chi connectivity index (χ1n) is 15.5. The number of halogens is 1. The number of hydrogen-bond acceptors (Lipinski definition) is 9. The van der Waals surface area contributed by atoms with E-state index in [4.69, 9.17) is 19.2 Å². The van der Waals surface area contributed by atoms with Crippen molar-refractivity contribution in [3.05, 3.63) is 47.3 Å². The van der Waals surface area contributed by atoms with Gasteiger partial charge in [-0.1, -0.05) is 12.1 Å². The molecule has 5 rings (SSSR count). The number of aromatic nitrogens is 1. The van der Waals surface area contributed by atoms with Crippen LogP contribution >= 0.6 is 0 Å². The van der Waals surface area contributed by atoms with E-state index in [2.05, 4.69) is 41.2 Å². The molecule has 2 fully saturated rings. The molecule has 1 amide bonds. The van der Waals surface area contributed by atoms with E-state index in [0.717, 1.165) is 44.0 Å². The molecule has 3 aliphatic rings. The van der Waals surface area contributed by atoms with E-state index < -0.39 is 0 Å². The Morgan fingerprint density at radius 3 is 2.58 bits per heavy atom. The summed E-state index contributed by atoms with van der Waals surface area (Å²) in [4.78, 5) is 25.7. The normalized spacial score (nSPS) is 26.6. The summed E-state index contributed by atoms with van der Waals surface area (Å²) in [6, 6.07) is 9.51. The first-order chi connectivity index (χ1) is 20.7. The lowest BCUT2D eigenvalue weighted by atomic mass is 10.0. The number of hydrogen-bond donors (Lipinski definition) is 2. The molecule has 1 aromatic carbocycles. The van der Waals surface area contributed by atoms with Crippen LogP contribution in [0.5, 0.6) is 5.88 Å². The maximum atomic E-state index is 14.2. The standard InChI is InChI=1S/C32H47FN6O4/c1-21-15-37(28(14-35-21)16-38-22(2)18-42-19-23(38)3)17-30(40)39-24(4)20-43-32-29(39)13-26(31(36-32)34-10-11-41-5)12-25-6-8-27(33)9-7-25/h6-9,13,21-24,28,35H,10-12,14-20H2,1-5H3,(H,34,36)/t21-,22-,23-,24+,28-/m1/s1. The van der Waals surface area contributed by atoms with Crippen molar-refractivity contribution in [1.29, 1.82) is 0 Å². The number of rotatable bonds is 10. The first-order valence-corrected chi connectivity index (χ1v) is 15.5. The van der Waals surface area contributed by atoms with Crippen LogP contribution in [0.1, 0.15) is 38.8 Å². The van der Waals surface area contributed by atoms with Gasteiger partial charge in [0, 0.05) is 69.4 Å². The second-order valence-electron chi connectivity index (χ2n) is 12.3. The van der Waals surface area contributed by atoms with Crippen molar-refractivity contribution in [2.75, 3.05) is 76.5 Å². The quantitative estimate of drug-likeness (QED) is 0.401. The van der Waals surface area contributed by atoms with Gasteiger partial charge in [0.1, 0.15) is 23.9 Å². The van der Waals surface area contributed by atoms with Crippen LogP contribution in [0.25, 0.3) is 0 Å². The number of nitrogens with zero attached hydrogens (tertiary/aromatic N) is 4. The minimum Gasteiger partial charge on any atom is -0.474 e. The molecule has 0 radical (unpaired) electrons. The average molecular weight is 599 g/mol. The van der Waals surface area contributed by atoms with Gasteiger partial charge in [-0.05, 0) is 51.5 Å². The number of fused-ring (bicyclic) bond motifs is 1. The maximum absolute atomic E-state index is 14.2. The number of piperazine rings is 1. The number of ether oxygens (including phenoxy) is 3. The van der Waals surface area contributed by atoms with Gasteiger partial charge in [-0.25, -0.2) is 4.39 Å². The fourth-order valence-electron chi connectivity index (χ4n) is 6.37. The zero-order chi connectivity index (χ0) is 30.5. The lowest BCUT2D eigenvalue weighted by molar-refractivity contribution is -0.122. The second-order valence-corrected chi connectivity index (χ2v) is 12.3. The number of carbonyl (C=O) groups excluding carboxylic acids is 1. The van der Waals surface area contributed by atoms with Gasteiger partial charge in [0.2, 0.25) is 11.8 Å². The van der Waals surface area contributed by atoms with Gasteiger partial charge in [-0.15, -0.1) is 0 Å². The minimum absolute atomic E-state index is 0.0360. The van der Waals surface area contributed by atoms with Gasteiger partial charge in [-0.2, -0.15) is 4.98 Å². The summed E-state index contributed by atoms with van der Waals surface area (Å²) in [6.07, 6.45) is 0.527. The average Bonchev–Trinajstić information content (AvgIpc) is 2.97. The molecule has 3 aliphatic heterocycles. The Morgan fingerprint density at radius 2 is 1.86 bits per heavy atom. The van der Waals surface area contributed by atoms with Gasteiger partial charge in [0.25, 0.3) is 0 Å². The highest BCUT2D eigenvalue weighted by Crippen LogP contribution is 2.37. The number of morpholine rings is 1. The van der Waals surface area contributed by atoms with Crippen molar-refractivity contribution < 1.29 is 23.4 Å². The first kappa shape index (κ1) is 31.6. The van der Waals surface area contributed by atoms with Crippen molar-refractivity contribution in [2.24, 2.45) is 0 Å². The number of pyridine rings is 1. The monoisotopic (exact) mass is 598 g/mol. The highest BCUT2D eigenvalue weighted by atomic mass is 19.1. The Hall–Kier alpha value is -2.83. The van der Waals surface area contributed by atoms with E-state index in [0.29, 0.717) is 68.2 Å². The second kappa shape index (κ2) is 14.3. The van der Waals surface area contributed by atoms with Crippen molar-refractivity contribution in [2.45, 2.75) is 64.3 Å². The largest absolute Gasteiger partial charge is 0.474 e. The third kappa shape index (κ3) is 7.64. The molecule has 1 aromatic heterocycles. The molecule has 2 N–H and O–H groups in total. The SMILES string of the molecule is COCCNc1nc2c(cc1Cc1ccc(F)cc1)N(C(=O)CN1C[C@@H](C)NC[C@@H]1CN1[C@H](C)COC[C@H]1C)[C@@H](C)CO2. The molecule has 10 nitrogen and oxygen atoms in total. The number of anilines is 2. The molecule has 5 atom stereocenters. The highest BCUT2D eigenvalue weighted by molar-refractivity contribution is 5.97. The summed E-state index contributed by atoms with van der Waals surface area (Å²) in [5, 5.41) is 6.98.